The molecule has 1 amide bonds. The fourth-order valence-corrected chi connectivity index (χ4v) is 4.70. The van der Waals surface area contributed by atoms with E-state index in [0.29, 0.717) is 28.0 Å². The van der Waals surface area contributed by atoms with Crippen LogP contribution in [0.5, 0.6) is 5.75 Å². The highest BCUT2D eigenvalue weighted by Crippen LogP contribution is 2.26. The summed E-state index contributed by atoms with van der Waals surface area (Å²) in [6.45, 7) is 2.18. The van der Waals surface area contributed by atoms with E-state index in [-0.39, 0.29) is 24.9 Å². The largest absolute Gasteiger partial charge is 0.483 e. The number of carbonyl (C=O) groups is 2. The molecule has 0 unspecified atom stereocenters. The average molecular weight is 540 g/mol. The molecule has 1 N–H and O–H groups in total. The molecule has 196 valence electrons. The van der Waals surface area contributed by atoms with Crippen molar-refractivity contribution in [2.75, 3.05) is 17.7 Å². The quantitative estimate of drug-likeness (QED) is 0.188. The number of esters is 1. The van der Waals surface area contributed by atoms with Crippen LogP contribution in [0.25, 0.3) is 16.6 Å². The molecule has 0 atom stereocenters. The molecule has 0 aliphatic heterocycles. The van der Waals surface area contributed by atoms with E-state index in [4.69, 9.17) is 9.47 Å². The average Bonchev–Trinajstić information content (AvgIpc) is 3.38. The van der Waals surface area contributed by atoms with Crippen molar-refractivity contribution in [3.63, 3.8) is 0 Å². The molecule has 0 aliphatic rings. The van der Waals surface area contributed by atoms with Crippen LogP contribution in [0.2, 0.25) is 0 Å². The molecule has 3 aromatic carbocycles. The monoisotopic (exact) mass is 539 g/mol. The highest BCUT2D eigenvalue weighted by molar-refractivity contribution is 7.99. The number of para-hydroxylation sites is 2. The van der Waals surface area contributed by atoms with E-state index >= 15 is 0 Å². The van der Waals surface area contributed by atoms with Crippen LogP contribution in [0.15, 0.2) is 96.3 Å². The normalized spacial score (nSPS) is 10.8. The van der Waals surface area contributed by atoms with Gasteiger partial charge in [0.05, 0.1) is 17.9 Å². The van der Waals surface area contributed by atoms with Gasteiger partial charge in [0.15, 0.2) is 11.0 Å². The van der Waals surface area contributed by atoms with Gasteiger partial charge in [0.2, 0.25) is 5.91 Å². The van der Waals surface area contributed by atoms with Gasteiger partial charge in [-0.1, -0.05) is 54.2 Å². The topological polar surface area (TPSA) is 108 Å². The molecular weight excluding hydrogens is 514 g/mol. The Morgan fingerprint density at radius 3 is 2.62 bits per heavy atom. The number of anilines is 1. The van der Waals surface area contributed by atoms with Gasteiger partial charge in [-0.2, -0.15) is 0 Å². The first kappa shape index (κ1) is 25.9. The van der Waals surface area contributed by atoms with E-state index in [1.807, 2.05) is 65.2 Å². The summed E-state index contributed by atoms with van der Waals surface area (Å²) in [7, 11) is 0. The summed E-state index contributed by atoms with van der Waals surface area (Å²) in [6.07, 6.45) is 1.73. The molecule has 0 saturated carbocycles. The van der Waals surface area contributed by atoms with Crippen molar-refractivity contribution in [2.24, 2.45) is 0 Å². The number of aromatic nitrogens is 4. The van der Waals surface area contributed by atoms with Gasteiger partial charge in [-0.15, -0.1) is 10.2 Å². The van der Waals surface area contributed by atoms with Crippen molar-refractivity contribution in [2.45, 2.75) is 18.7 Å². The number of fused-ring (bicyclic) bond motifs is 1. The van der Waals surface area contributed by atoms with Gasteiger partial charge in [0.1, 0.15) is 17.9 Å². The molecule has 2 heterocycles. The van der Waals surface area contributed by atoms with Crippen molar-refractivity contribution < 1.29 is 19.1 Å². The second-order valence-electron chi connectivity index (χ2n) is 8.33. The Morgan fingerprint density at radius 1 is 0.949 bits per heavy atom. The van der Waals surface area contributed by atoms with Crippen LogP contribution in [0.1, 0.15) is 23.1 Å². The number of nitrogens with one attached hydrogen (secondary N) is 1. The predicted octanol–water partition coefficient (Wildman–Crippen LogP) is 5.30. The second kappa shape index (κ2) is 12.2. The lowest BCUT2D eigenvalue weighted by Gasteiger charge is -2.12. The van der Waals surface area contributed by atoms with Crippen molar-refractivity contribution >= 4 is 40.2 Å². The van der Waals surface area contributed by atoms with Crippen LogP contribution >= 0.6 is 11.8 Å². The molecule has 39 heavy (non-hydrogen) atoms. The number of thioether (sulfide) groups is 1. The zero-order valence-corrected chi connectivity index (χ0v) is 21.9. The van der Waals surface area contributed by atoms with Crippen LogP contribution < -0.4 is 10.1 Å². The summed E-state index contributed by atoms with van der Waals surface area (Å²) in [5.74, 6) is 0.632. The highest BCUT2D eigenvalue weighted by atomic mass is 32.2. The maximum Gasteiger partial charge on any atom is 0.338 e. The first-order chi connectivity index (χ1) is 19.1. The minimum absolute atomic E-state index is 0.0860. The van der Waals surface area contributed by atoms with Crippen LogP contribution in [0, 0.1) is 0 Å². The fourth-order valence-electron chi connectivity index (χ4n) is 3.92. The van der Waals surface area contributed by atoms with Crippen molar-refractivity contribution in [1.29, 1.82) is 0 Å². The summed E-state index contributed by atoms with van der Waals surface area (Å²) >= 11 is 1.25. The Labute approximate surface area is 229 Å². The molecule has 9 nitrogen and oxygen atoms in total. The van der Waals surface area contributed by atoms with E-state index in [9.17, 15) is 9.59 Å². The van der Waals surface area contributed by atoms with Crippen LogP contribution in [-0.4, -0.2) is 44.0 Å². The molecule has 5 rings (SSSR count). The number of hydrogen-bond donors (Lipinski definition) is 1. The standard InChI is InChI=1S/C29H25N5O4S/c1-2-37-28(36)21-10-6-12-22(17-21)31-26(35)19-39-29-33-32-25(34(29)23-13-4-3-5-14-23)18-38-24-15-7-9-20-11-8-16-30-27(20)24/h3-17H,2,18-19H2,1H3,(H,31,35). The summed E-state index contributed by atoms with van der Waals surface area (Å²) in [5, 5.41) is 13.1. The second-order valence-corrected chi connectivity index (χ2v) is 9.27. The minimum atomic E-state index is -0.437. The first-order valence-electron chi connectivity index (χ1n) is 12.3. The van der Waals surface area contributed by atoms with E-state index in [2.05, 4.69) is 20.5 Å². The molecule has 0 radical (unpaired) electrons. The smallest absolute Gasteiger partial charge is 0.338 e. The Bertz CT molecular complexity index is 1600. The molecule has 0 saturated heterocycles. The lowest BCUT2D eigenvalue weighted by Crippen LogP contribution is -2.15. The van der Waals surface area contributed by atoms with Gasteiger partial charge in [-0.3, -0.25) is 14.3 Å². The SMILES string of the molecule is CCOC(=O)c1cccc(NC(=O)CSc2nnc(COc3cccc4cccnc34)n2-c2ccccc2)c1. The fraction of sp³-hybridized carbons (Fsp3) is 0.138. The summed E-state index contributed by atoms with van der Waals surface area (Å²) in [4.78, 5) is 29.2. The van der Waals surface area contributed by atoms with E-state index in [1.165, 1.54) is 11.8 Å². The van der Waals surface area contributed by atoms with Gasteiger partial charge in [0, 0.05) is 23.0 Å². The van der Waals surface area contributed by atoms with Gasteiger partial charge in [-0.05, 0) is 49.4 Å². The van der Waals surface area contributed by atoms with Crippen molar-refractivity contribution in [3.8, 4) is 11.4 Å². The number of pyridine rings is 1. The number of nitrogens with zero attached hydrogens (tertiary/aromatic N) is 4. The maximum atomic E-state index is 12.7. The van der Waals surface area contributed by atoms with Crippen LogP contribution in [0.3, 0.4) is 0 Å². The lowest BCUT2D eigenvalue weighted by atomic mass is 10.2. The lowest BCUT2D eigenvalue weighted by molar-refractivity contribution is -0.113. The number of rotatable bonds is 10. The highest BCUT2D eigenvalue weighted by Gasteiger charge is 2.17. The summed E-state index contributed by atoms with van der Waals surface area (Å²) < 4.78 is 13.0. The Hall–Kier alpha value is -4.70. The minimum Gasteiger partial charge on any atom is -0.483 e. The van der Waals surface area contributed by atoms with E-state index < -0.39 is 5.97 Å². The molecular formula is C29H25N5O4S. The molecule has 0 bridgehead atoms. The Balaban J connectivity index is 1.31. The molecule has 0 fully saturated rings. The molecule has 10 heteroatoms. The number of carbonyl (C=O) groups excluding carboxylic acids is 2. The predicted molar refractivity (Wildman–Crippen MR) is 149 cm³/mol. The third-order valence-electron chi connectivity index (χ3n) is 5.66. The molecule has 5 aromatic rings. The third kappa shape index (κ3) is 6.24. The summed E-state index contributed by atoms with van der Waals surface area (Å²) in [6, 6.07) is 25.9. The van der Waals surface area contributed by atoms with Gasteiger partial charge in [-0.25, -0.2) is 4.79 Å². The maximum absolute atomic E-state index is 12.7. The number of ether oxygens (including phenoxy) is 2. The Kier molecular flexibility index (Phi) is 8.13. The zero-order valence-electron chi connectivity index (χ0n) is 21.1. The van der Waals surface area contributed by atoms with Crippen LogP contribution in [0.4, 0.5) is 5.69 Å². The third-order valence-corrected chi connectivity index (χ3v) is 6.59. The van der Waals surface area contributed by atoms with Gasteiger partial charge >= 0.3 is 5.97 Å². The molecule has 0 spiro atoms. The number of benzene rings is 3. The molecule has 0 aliphatic carbocycles. The molecule has 2 aromatic heterocycles. The zero-order chi connectivity index (χ0) is 27.0. The van der Waals surface area contributed by atoms with Gasteiger partial charge in [0.25, 0.3) is 0 Å². The van der Waals surface area contributed by atoms with Gasteiger partial charge < -0.3 is 14.8 Å². The van der Waals surface area contributed by atoms with Crippen LogP contribution in [-0.2, 0) is 16.1 Å². The van der Waals surface area contributed by atoms with E-state index in [0.717, 1.165) is 16.6 Å². The summed E-state index contributed by atoms with van der Waals surface area (Å²) in [5.41, 5.74) is 2.50. The Morgan fingerprint density at radius 2 is 1.77 bits per heavy atom. The first-order valence-corrected chi connectivity index (χ1v) is 13.3. The van der Waals surface area contributed by atoms with Crippen molar-refractivity contribution in [1.82, 2.24) is 19.7 Å². The number of hydrogen-bond acceptors (Lipinski definition) is 8. The van der Waals surface area contributed by atoms with Crippen molar-refractivity contribution in [3.05, 3.63) is 103 Å². The van der Waals surface area contributed by atoms with E-state index in [1.54, 1.807) is 37.4 Å². The number of amides is 1.